The molecule has 1 aromatic carbocycles. The molecule has 1 heterocycles. The number of rotatable bonds is 4. The fraction of sp³-hybridized carbons (Fsp3) is 0. The molecule has 102 valence electrons. The van der Waals surface area contributed by atoms with Gasteiger partial charge in [0.05, 0.1) is 16.2 Å². The minimum Gasteiger partial charge on any atom is -0.478 e. The number of carboxylic acids is 1. The molecular weight excluding hydrogens is 301 g/mol. The van der Waals surface area contributed by atoms with Crippen LogP contribution in [0.1, 0.15) is 5.56 Å². The molecule has 0 spiro atoms. The fourth-order valence-electron chi connectivity index (χ4n) is 1.49. The van der Waals surface area contributed by atoms with Crippen LogP contribution in [0.25, 0.3) is 6.08 Å². The van der Waals surface area contributed by atoms with Crippen LogP contribution in [0.15, 0.2) is 42.7 Å². The first kappa shape index (κ1) is 14.4. The zero-order valence-electron chi connectivity index (χ0n) is 10.1. The lowest BCUT2D eigenvalue weighted by molar-refractivity contribution is -0.131. The van der Waals surface area contributed by atoms with Crippen molar-refractivity contribution < 1.29 is 14.6 Å². The molecule has 6 heteroatoms. The van der Waals surface area contributed by atoms with E-state index in [4.69, 9.17) is 33.0 Å². The Bertz CT molecular complexity index is 671. The van der Waals surface area contributed by atoms with Gasteiger partial charge >= 0.3 is 5.97 Å². The number of pyridine rings is 1. The first-order valence-corrected chi connectivity index (χ1v) is 6.30. The third kappa shape index (κ3) is 3.73. The van der Waals surface area contributed by atoms with Gasteiger partial charge in [0.2, 0.25) is 0 Å². The van der Waals surface area contributed by atoms with Gasteiger partial charge < -0.3 is 9.84 Å². The van der Waals surface area contributed by atoms with Gasteiger partial charge in [-0.3, -0.25) is 4.98 Å². The smallest absolute Gasteiger partial charge is 0.328 e. The molecule has 0 aliphatic heterocycles. The fourth-order valence-corrected chi connectivity index (χ4v) is 1.88. The van der Waals surface area contributed by atoms with Gasteiger partial charge in [-0.2, -0.15) is 0 Å². The second-order valence-corrected chi connectivity index (χ2v) is 4.61. The monoisotopic (exact) mass is 309 g/mol. The third-order valence-corrected chi connectivity index (χ3v) is 2.81. The number of aromatic nitrogens is 1. The number of para-hydroxylation sites is 1. The highest BCUT2D eigenvalue weighted by atomic mass is 35.5. The molecule has 2 rings (SSSR count). The number of halogens is 2. The van der Waals surface area contributed by atoms with E-state index in [9.17, 15) is 4.79 Å². The number of ether oxygens (including phenoxy) is 1. The second-order valence-electron chi connectivity index (χ2n) is 3.77. The van der Waals surface area contributed by atoms with E-state index in [1.165, 1.54) is 18.5 Å². The molecule has 0 fully saturated rings. The Morgan fingerprint density at radius 1 is 1.30 bits per heavy atom. The second kappa shape index (κ2) is 6.41. The Morgan fingerprint density at radius 2 is 2.10 bits per heavy atom. The van der Waals surface area contributed by atoms with Crippen molar-refractivity contribution in [2.45, 2.75) is 0 Å². The van der Waals surface area contributed by atoms with Gasteiger partial charge in [0.25, 0.3) is 0 Å². The summed E-state index contributed by atoms with van der Waals surface area (Å²) in [6.45, 7) is 0. The topological polar surface area (TPSA) is 59.4 Å². The van der Waals surface area contributed by atoms with Crippen LogP contribution >= 0.6 is 23.2 Å². The normalized spacial score (nSPS) is 10.7. The lowest BCUT2D eigenvalue weighted by atomic mass is 10.2. The van der Waals surface area contributed by atoms with Crippen molar-refractivity contribution in [3.8, 4) is 11.5 Å². The molecule has 1 N–H and O–H groups in total. The number of carboxylic acid groups (broad SMARTS) is 1. The predicted octanol–water partition coefficient (Wildman–Crippen LogP) is 4.28. The van der Waals surface area contributed by atoms with Crippen molar-refractivity contribution in [3.63, 3.8) is 0 Å². The first-order valence-electron chi connectivity index (χ1n) is 5.54. The molecular formula is C14H9Cl2NO3. The van der Waals surface area contributed by atoms with Crippen molar-refractivity contribution in [2.24, 2.45) is 0 Å². The molecule has 2 aromatic rings. The summed E-state index contributed by atoms with van der Waals surface area (Å²) < 4.78 is 5.63. The Morgan fingerprint density at radius 3 is 2.80 bits per heavy atom. The van der Waals surface area contributed by atoms with Crippen molar-refractivity contribution in [1.29, 1.82) is 0 Å². The highest BCUT2D eigenvalue weighted by molar-refractivity contribution is 6.32. The quantitative estimate of drug-likeness (QED) is 0.856. The first-order chi connectivity index (χ1) is 9.56. The van der Waals surface area contributed by atoms with Gasteiger partial charge in [-0.25, -0.2) is 4.79 Å². The molecule has 0 radical (unpaired) electrons. The lowest BCUT2D eigenvalue weighted by Crippen LogP contribution is -1.91. The number of aliphatic carboxylic acids is 1. The van der Waals surface area contributed by atoms with Gasteiger partial charge in [0.15, 0.2) is 5.75 Å². The maximum absolute atomic E-state index is 10.6. The van der Waals surface area contributed by atoms with E-state index in [0.717, 1.165) is 6.08 Å². The summed E-state index contributed by atoms with van der Waals surface area (Å²) in [5.41, 5.74) is 0.542. The largest absolute Gasteiger partial charge is 0.478 e. The Hall–Kier alpha value is -2.04. The molecule has 0 aliphatic rings. The van der Waals surface area contributed by atoms with Crippen molar-refractivity contribution >= 4 is 35.2 Å². The maximum Gasteiger partial charge on any atom is 0.328 e. The van der Waals surface area contributed by atoms with Gasteiger partial charge in [0, 0.05) is 23.9 Å². The van der Waals surface area contributed by atoms with Crippen LogP contribution in [0.3, 0.4) is 0 Å². The van der Waals surface area contributed by atoms with E-state index in [-0.39, 0.29) is 0 Å². The van der Waals surface area contributed by atoms with Crippen LogP contribution < -0.4 is 4.74 Å². The SMILES string of the molecule is O=C(O)/C=C/c1cccc(Cl)c1Oc1cncc(Cl)c1. The molecule has 0 saturated heterocycles. The average Bonchev–Trinajstić information content (AvgIpc) is 2.39. The minimum absolute atomic E-state index is 0.343. The molecule has 0 amide bonds. The lowest BCUT2D eigenvalue weighted by Gasteiger charge is -2.10. The number of benzene rings is 1. The number of carbonyl (C=O) groups is 1. The zero-order valence-corrected chi connectivity index (χ0v) is 11.6. The minimum atomic E-state index is -1.06. The summed E-state index contributed by atoms with van der Waals surface area (Å²) in [6.07, 6.45) is 5.38. The zero-order chi connectivity index (χ0) is 14.5. The molecule has 0 unspecified atom stereocenters. The van der Waals surface area contributed by atoms with Crippen LogP contribution in [-0.4, -0.2) is 16.1 Å². The predicted molar refractivity (Wildman–Crippen MR) is 77.4 cm³/mol. The van der Waals surface area contributed by atoms with Crippen LogP contribution in [0, 0.1) is 0 Å². The van der Waals surface area contributed by atoms with Gasteiger partial charge in [-0.15, -0.1) is 0 Å². The number of nitrogens with zero attached hydrogens (tertiary/aromatic N) is 1. The molecule has 20 heavy (non-hydrogen) atoms. The Kier molecular flexibility index (Phi) is 4.61. The highest BCUT2D eigenvalue weighted by Crippen LogP contribution is 2.34. The third-order valence-electron chi connectivity index (χ3n) is 2.30. The van der Waals surface area contributed by atoms with E-state index in [0.29, 0.717) is 27.1 Å². The van der Waals surface area contributed by atoms with Crippen LogP contribution in [0.5, 0.6) is 11.5 Å². The highest BCUT2D eigenvalue weighted by Gasteiger charge is 2.08. The standard InChI is InChI=1S/C14H9Cl2NO3/c15-10-6-11(8-17-7-10)20-14-9(4-5-13(18)19)2-1-3-12(14)16/h1-8H,(H,18,19)/b5-4+. The Labute approximate surface area is 125 Å². The molecule has 0 saturated carbocycles. The van der Waals surface area contributed by atoms with E-state index >= 15 is 0 Å². The Balaban J connectivity index is 2.37. The van der Waals surface area contributed by atoms with Gasteiger partial charge in [-0.05, 0) is 12.1 Å². The van der Waals surface area contributed by atoms with E-state index in [1.54, 1.807) is 24.3 Å². The molecule has 1 aromatic heterocycles. The molecule has 0 bridgehead atoms. The summed E-state index contributed by atoms with van der Waals surface area (Å²) in [4.78, 5) is 14.5. The molecule has 4 nitrogen and oxygen atoms in total. The van der Waals surface area contributed by atoms with E-state index < -0.39 is 5.97 Å². The van der Waals surface area contributed by atoms with Crippen LogP contribution in [-0.2, 0) is 4.79 Å². The number of hydrogen-bond donors (Lipinski definition) is 1. The average molecular weight is 310 g/mol. The number of hydrogen-bond acceptors (Lipinski definition) is 3. The van der Waals surface area contributed by atoms with Crippen molar-refractivity contribution in [2.75, 3.05) is 0 Å². The molecule has 0 aliphatic carbocycles. The summed E-state index contributed by atoms with van der Waals surface area (Å²) in [6, 6.07) is 6.63. The van der Waals surface area contributed by atoms with E-state index in [1.807, 2.05) is 0 Å². The summed E-state index contributed by atoms with van der Waals surface area (Å²) in [7, 11) is 0. The van der Waals surface area contributed by atoms with Crippen LogP contribution in [0.4, 0.5) is 0 Å². The van der Waals surface area contributed by atoms with Crippen LogP contribution in [0.2, 0.25) is 10.0 Å². The summed E-state index contributed by atoms with van der Waals surface area (Å²) in [5.74, 6) is -0.299. The molecule has 0 atom stereocenters. The summed E-state index contributed by atoms with van der Waals surface area (Å²) >= 11 is 11.9. The van der Waals surface area contributed by atoms with Crippen molar-refractivity contribution in [1.82, 2.24) is 4.98 Å². The maximum atomic E-state index is 10.6. The van der Waals surface area contributed by atoms with Gasteiger partial charge in [0.1, 0.15) is 5.75 Å². The van der Waals surface area contributed by atoms with E-state index in [2.05, 4.69) is 4.98 Å². The van der Waals surface area contributed by atoms with Crippen molar-refractivity contribution in [3.05, 3.63) is 58.3 Å². The summed E-state index contributed by atoms with van der Waals surface area (Å²) in [5, 5.41) is 9.46. The van der Waals surface area contributed by atoms with Gasteiger partial charge in [-0.1, -0.05) is 35.3 Å².